The van der Waals surface area contributed by atoms with Gasteiger partial charge in [-0.1, -0.05) is 76.8 Å². The number of hydrogen-bond acceptors (Lipinski definition) is 2. The third kappa shape index (κ3) is 5.10. The van der Waals surface area contributed by atoms with Crippen LogP contribution in [-0.2, 0) is 0 Å². The van der Waals surface area contributed by atoms with Crippen LogP contribution in [0.25, 0.3) is 0 Å². The summed E-state index contributed by atoms with van der Waals surface area (Å²) in [6.07, 6.45) is 12.6. The van der Waals surface area contributed by atoms with Crippen molar-refractivity contribution in [1.82, 2.24) is 0 Å². The van der Waals surface area contributed by atoms with Crippen LogP contribution < -0.4 is 0 Å². The first-order chi connectivity index (χ1) is 14.0. The molecular formula is C27H43FO2. The predicted octanol–water partition coefficient (Wildman–Crippen LogP) is 6.89. The lowest BCUT2D eigenvalue weighted by atomic mass is 9.60. The molecule has 0 aromatic heterocycles. The number of fused-ring (bicyclic) bond motifs is 1. The second-order valence-electron chi connectivity index (χ2n) is 11.2. The standard InChI is InChI=1S/C27H43FO2/c1-18(2)8-6-9-20(4)25-24(29)16-23-21(10-7-14-26(23,25)5)11-12-22-17-27(28,30)15-13-19(22)3/h11-12,18,20,23-25,29-30H,3,6-10,13-17H2,1-2,4-5H3/b21-11+,22-12+/t20-,23+,24?,25+,26-,27-/m1/s1. The molecule has 0 radical (unpaired) electrons. The SMILES string of the molecule is C=C1CC[C@](O)(F)C/C1=C\C=C1/CCC[C@@]2(C)[C@@H]([C@H](C)CCCC(C)C)C(O)C[C@@H]12. The maximum atomic E-state index is 14.1. The second-order valence-corrected chi connectivity index (χ2v) is 11.2. The van der Waals surface area contributed by atoms with E-state index in [0.29, 0.717) is 24.2 Å². The largest absolute Gasteiger partial charge is 0.393 e. The van der Waals surface area contributed by atoms with Crippen LogP contribution in [-0.4, -0.2) is 22.2 Å². The van der Waals surface area contributed by atoms with E-state index < -0.39 is 5.85 Å². The van der Waals surface area contributed by atoms with Crippen LogP contribution in [0.15, 0.2) is 35.5 Å². The van der Waals surface area contributed by atoms with Crippen molar-refractivity contribution in [2.24, 2.45) is 29.1 Å². The van der Waals surface area contributed by atoms with Gasteiger partial charge in [-0.25, -0.2) is 4.39 Å². The topological polar surface area (TPSA) is 40.5 Å². The Hall–Kier alpha value is -0.930. The molecule has 0 heterocycles. The monoisotopic (exact) mass is 418 g/mol. The van der Waals surface area contributed by atoms with Gasteiger partial charge in [-0.05, 0) is 66.8 Å². The zero-order chi connectivity index (χ0) is 22.1. The highest BCUT2D eigenvalue weighted by molar-refractivity contribution is 5.37. The second kappa shape index (κ2) is 9.28. The van der Waals surface area contributed by atoms with Gasteiger partial charge in [0.05, 0.1) is 6.10 Å². The minimum absolute atomic E-state index is 0.0374. The van der Waals surface area contributed by atoms with E-state index in [1.54, 1.807) is 0 Å². The van der Waals surface area contributed by atoms with Crippen LogP contribution in [0, 0.1) is 29.1 Å². The van der Waals surface area contributed by atoms with Crippen LogP contribution in [0.4, 0.5) is 4.39 Å². The van der Waals surface area contributed by atoms with Crippen LogP contribution in [0.3, 0.4) is 0 Å². The van der Waals surface area contributed by atoms with E-state index in [1.807, 2.05) is 6.08 Å². The Labute approximate surface area is 183 Å². The van der Waals surface area contributed by atoms with Crippen molar-refractivity contribution in [2.45, 2.75) is 104 Å². The van der Waals surface area contributed by atoms with E-state index >= 15 is 0 Å². The number of rotatable bonds is 6. The Bertz CT molecular complexity index is 689. The van der Waals surface area contributed by atoms with Crippen molar-refractivity contribution in [2.75, 3.05) is 0 Å². The molecular weight excluding hydrogens is 375 g/mol. The van der Waals surface area contributed by atoms with Gasteiger partial charge in [0.1, 0.15) is 0 Å². The first kappa shape index (κ1) is 23.7. The number of allylic oxidation sites excluding steroid dienone is 4. The molecule has 0 saturated heterocycles. The average Bonchev–Trinajstić information content (AvgIpc) is 2.92. The normalized spacial score (nSPS) is 40.9. The molecule has 2 N–H and O–H groups in total. The van der Waals surface area contributed by atoms with Gasteiger partial charge in [-0.15, -0.1) is 0 Å². The number of halogens is 1. The summed E-state index contributed by atoms with van der Waals surface area (Å²) in [5.41, 5.74) is 3.32. The number of aliphatic hydroxyl groups is 2. The van der Waals surface area contributed by atoms with E-state index in [1.165, 1.54) is 31.3 Å². The molecule has 1 unspecified atom stereocenters. The Morgan fingerprint density at radius 1 is 1.17 bits per heavy atom. The Morgan fingerprint density at radius 2 is 1.90 bits per heavy atom. The van der Waals surface area contributed by atoms with E-state index in [-0.39, 0.29) is 24.4 Å². The molecule has 3 heteroatoms. The van der Waals surface area contributed by atoms with Crippen LogP contribution in [0.2, 0.25) is 0 Å². The minimum atomic E-state index is -2.10. The van der Waals surface area contributed by atoms with Crippen molar-refractivity contribution in [3.63, 3.8) is 0 Å². The smallest absolute Gasteiger partial charge is 0.211 e. The summed E-state index contributed by atoms with van der Waals surface area (Å²) >= 11 is 0. The first-order valence-corrected chi connectivity index (χ1v) is 12.2. The summed E-state index contributed by atoms with van der Waals surface area (Å²) in [4.78, 5) is 0. The van der Waals surface area contributed by atoms with E-state index in [9.17, 15) is 14.6 Å². The van der Waals surface area contributed by atoms with Gasteiger partial charge >= 0.3 is 0 Å². The number of hydrogen-bond donors (Lipinski definition) is 2. The van der Waals surface area contributed by atoms with Gasteiger partial charge < -0.3 is 10.2 Å². The molecule has 3 fully saturated rings. The number of alkyl halides is 1. The Morgan fingerprint density at radius 3 is 2.60 bits per heavy atom. The molecule has 3 aliphatic rings. The predicted molar refractivity (Wildman–Crippen MR) is 123 cm³/mol. The van der Waals surface area contributed by atoms with E-state index in [0.717, 1.165) is 36.3 Å². The zero-order valence-corrected chi connectivity index (χ0v) is 19.6. The van der Waals surface area contributed by atoms with Gasteiger partial charge in [-0.2, -0.15) is 0 Å². The van der Waals surface area contributed by atoms with Crippen molar-refractivity contribution in [3.05, 3.63) is 35.5 Å². The third-order valence-corrected chi connectivity index (χ3v) is 8.36. The van der Waals surface area contributed by atoms with Gasteiger partial charge in [0, 0.05) is 12.8 Å². The van der Waals surface area contributed by atoms with Crippen molar-refractivity contribution < 1.29 is 14.6 Å². The van der Waals surface area contributed by atoms with Crippen LogP contribution >= 0.6 is 0 Å². The minimum Gasteiger partial charge on any atom is -0.393 e. The summed E-state index contributed by atoms with van der Waals surface area (Å²) in [6, 6.07) is 0. The third-order valence-electron chi connectivity index (χ3n) is 8.36. The summed E-state index contributed by atoms with van der Waals surface area (Å²) in [6.45, 7) is 13.4. The molecule has 30 heavy (non-hydrogen) atoms. The molecule has 0 aliphatic heterocycles. The molecule has 0 spiro atoms. The van der Waals surface area contributed by atoms with Gasteiger partial charge in [0.15, 0.2) is 0 Å². The highest BCUT2D eigenvalue weighted by Gasteiger charge is 2.54. The lowest BCUT2D eigenvalue weighted by Gasteiger charge is -2.44. The molecule has 0 amide bonds. The fourth-order valence-electron chi connectivity index (χ4n) is 6.74. The van der Waals surface area contributed by atoms with Crippen LogP contribution in [0.1, 0.15) is 91.9 Å². The molecule has 170 valence electrons. The fraction of sp³-hybridized carbons (Fsp3) is 0.778. The molecule has 3 rings (SSSR count). The maximum absolute atomic E-state index is 14.1. The molecule has 2 nitrogen and oxygen atoms in total. The zero-order valence-electron chi connectivity index (χ0n) is 19.6. The average molecular weight is 419 g/mol. The molecule has 0 aromatic carbocycles. The quantitative estimate of drug-likeness (QED) is 0.493. The van der Waals surface area contributed by atoms with E-state index in [4.69, 9.17) is 0 Å². The first-order valence-electron chi connectivity index (χ1n) is 12.2. The maximum Gasteiger partial charge on any atom is 0.211 e. The Kier molecular flexibility index (Phi) is 7.34. The van der Waals surface area contributed by atoms with Crippen molar-refractivity contribution >= 4 is 0 Å². The van der Waals surface area contributed by atoms with Gasteiger partial charge in [0.2, 0.25) is 5.85 Å². The van der Waals surface area contributed by atoms with Gasteiger partial charge in [-0.3, -0.25) is 0 Å². The number of aliphatic hydroxyl groups excluding tert-OH is 1. The highest BCUT2D eigenvalue weighted by Crippen LogP contribution is 2.60. The molecule has 3 aliphatic carbocycles. The van der Waals surface area contributed by atoms with E-state index in [2.05, 4.69) is 40.3 Å². The van der Waals surface area contributed by atoms with Crippen molar-refractivity contribution in [3.8, 4) is 0 Å². The lowest BCUT2D eigenvalue weighted by Crippen LogP contribution is -2.38. The van der Waals surface area contributed by atoms with Crippen LogP contribution in [0.5, 0.6) is 0 Å². The molecule has 6 atom stereocenters. The van der Waals surface area contributed by atoms with Crippen molar-refractivity contribution in [1.29, 1.82) is 0 Å². The lowest BCUT2D eigenvalue weighted by molar-refractivity contribution is -0.0970. The Balaban J connectivity index is 1.77. The molecule has 0 aromatic rings. The molecule has 3 saturated carbocycles. The summed E-state index contributed by atoms with van der Waals surface area (Å²) in [5.74, 6) is -0.0792. The summed E-state index contributed by atoms with van der Waals surface area (Å²) < 4.78 is 14.1. The summed E-state index contributed by atoms with van der Waals surface area (Å²) in [7, 11) is 0. The van der Waals surface area contributed by atoms with Gasteiger partial charge in [0.25, 0.3) is 0 Å². The fourth-order valence-corrected chi connectivity index (χ4v) is 6.74. The molecule has 0 bridgehead atoms. The highest BCUT2D eigenvalue weighted by atomic mass is 19.2. The summed E-state index contributed by atoms with van der Waals surface area (Å²) in [5, 5.41) is 20.9.